The van der Waals surface area contributed by atoms with Crippen molar-refractivity contribution in [1.29, 1.82) is 0 Å². The van der Waals surface area contributed by atoms with Gasteiger partial charge in [-0.15, -0.1) is 0 Å². The van der Waals surface area contributed by atoms with Crippen molar-refractivity contribution < 1.29 is 14.4 Å². The van der Waals surface area contributed by atoms with Crippen LogP contribution in [0.3, 0.4) is 0 Å². The molecule has 0 fully saturated rings. The van der Waals surface area contributed by atoms with Crippen molar-refractivity contribution in [3.8, 4) is 0 Å². The Morgan fingerprint density at radius 2 is 0.878 bits per heavy atom. The van der Waals surface area contributed by atoms with E-state index in [4.69, 9.17) is 0 Å². The Bertz CT molecular complexity index is 571. The predicted octanol–water partition coefficient (Wildman–Crippen LogP) is 11.5. The SMILES string of the molecule is CCCCCCCC/C=C\CCCCCCCC(=O)C(O)C[N+](C)(C)CCCCCCCCCCCCCCCC. The molecule has 0 saturated heterocycles. The summed E-state index contributed by atoms with van der Waals surface area (Å²) in [6, 6.07) is 0. The molecule has 3 heteroatoms. The lowest BCUT2D eigenvalue weighted by atomic mass is 10.0. The minimum Gasteiger partial charge on any atom is -0.380 e. The Balaban J connectivity index is 3.58. The maximum absolute atomic E-state index is 12.5. The average Bonchev–Trinajstić information content (AvgIpc) is 2.94. The number of Topliss-reactive ketones (excluding diaryl/α,β-unsaturated/α-hetero) is 1. The Morgan fingerprint density at radius 1 is 0.537 bits per heavy atom. The number of hydrogen-bond donors (Lipinski definition) is 1. The highest BCUT2D eigenvalue weighted by Gasteiger charge is 2.24. The van der Waals surface area contributed by atoms with E-state index in [2.05, 4.69) is 40.1 Å². The summed E-state index contributed by atoms with van der Waals surface area (Å²) >= 11 is 0. The average molecular weight is 579 g/mol. The van der Waals surface area contributed by atoms with Gasteiger partial charge in [0.05, 0.1) is 20.6 Å². The number of likely N-dealkylation sites (N-methyl/N-ethyl adjacent to an activating group) is 1. The van der Waals surface area contributed by atoms with Gasteiger partial charge in [0.2, 0.25) is 0 Å². The summed E-state index contributed by atoms with van der Waals surface area (Å²) in [5, 5.41) is 10.5. The number of carbonyl (C=O) groups excluding carboxylic acids is 1. The lowest BCUT2D eigenvalue weighted by Crippen LogP contribution is -2.48. The van der Waals surface area contributed by atoms with Crippen LogP contribution >= 0.6 is 0 Å². The Hall–Kier alpha value is -0.670. The molecule has 0 heterocycles. The summed E-state index contributed by atoms with van der Waals surface area (Å²) in [5.41, 5.74) is 0. The number of aliphatic hydroxyl groups is 1. The molecule has 0 aliphatic heterocycles. The molecule has 244 valence electrons. The molecule has 0 amide bonds. The van der Waals surface area contributed by atoms with Crippen LogP contribution < -0.4 is 0 Å². The molecule has 0 aliphatic carbocycles. The fourth-order valence-electron chi connectivity index (χ4n) is 5.93. The van der Waals surface area contributed by atoms with Gasteiger partial charge in [0, 0.05) is 6.42 Å². The highest BCUT2D eigenvalue weighted by molar-refractivity contribution is 5.82. The molecule has 1 unspecified atom stereocenters. The molecular formula is C38H76NO2+. The second-order valence-corrected chi connectivity index (χ2v) is 13.8. The largest absolute Gasteiger partial charge is 0.380 e. The van der Waals surface area contributed by atoms with E-state index < -0.39 is 6.10 Å². The fraction of sp³-hybridized carbons (Fsp3) is 0.921. The van der Waals surface area contributed by atoms with Gasteiger partial charge in [-0.1, -0.05) is 154 Å². The van der Waals surface area contributed by atoms with Gasteiger partial charge < -0.3 is 9.59 Å². The quantitative estimate of drug-likeness (QED) is 0.0477. The molecule has 0 radical (unpaired) electrons. The van der Waals surface area contributed by atoms with Crippen molar-refractivity contribution in [3.05, 3.63) is 12.2 Å². The Labute approximate surface area is 258 Å². The summed E-state index contributed by atoms with van der Waals surface area (Å²) in [7, 11) is 4.33. The van der Waals surface area contributed by atoms with E-state index in [0.29, 0.717) is 13.0 Å². The highest BCUT2D eigenvalue weighted by atomic mass is 16.3. The van der Waals surface area contributed by atoms with E-state index in [1.165, 1.54) is 161 Å². The molecular weight excluding hydrogens is 502 g/mol. The van der Waals surface area contributed by atoms with E-state index in [0.717, 1.165) is 23.9 Å². The Morgan fingerprint density at radius 3 is 1.29 bits per heavy atom. The second-order valence-electron chi connectivity index (χ2n) is 13.8. The molecule has 0 aliphatic rings. The van der Waals surface area contributed by atoms with Crippen LogP contribution in [0.15, 0.2) is 12.2 Å². The second kappa shape index (κ2) is 30.8. The van der Waals surface area contributed by atoms with Crippen molar-refractivity contribution in [2.75, 3.05) is 27.2 Å². The molecule has 41 heavy (non-hydrogen) atoms. The van der Waals surface area contributed by atoms with Crippen LogP contribution in [-0.4, -0.2) is 48.7 Å². The van der Waals surface area contributed by atoms with Crippen LogP contribution in [0.5, 0.6) is 0 Å². The molecule has 0 rings (SSSR count). The van der Waals surface area contributed by atoms with E-state index in [-0.39, 0.29) is 5.78 Å². The normalized spacial score (nSPS) is 12.9. The topological polar surface area (TPSA) is 37.3 Å². The Kier molecular flexibility index (Phi) is 30.3. The smallest absolute Gasteiger partial charge is 0.167 e. The third-order valence-corrected chi connectivity index (χ3v) is 8.84. The van der Waals surface area contributed by atoms with Gasteiger partial charge in [0.1, 0.15) is 6.54 Å². The molecule has 0 aromatic rings. The lowest BCUT2D eigenvalue weighted by molar-refractivity contribution is -0.892. The highest BCUT2D eigenvalue weighted by Crippen LogP contribution is 2.15. The zero-order valence-corrected chi connectivity index (χ0v) is 28.7. The van der Waals surface area contributed by atoms with Crippen LogP contribution in [0.1, 0.15) is 194 Å². The molecule has 1 N–H and O–H groups in total. The lowest BCUT2D eigenvalue weighted by Gasteiger charge is -2.31. The van der Waals surface area contributed by atoms with Crippen molar-refractivity contribution in [1.82, 2.24) is 0 Å². The minimum atomic E-state index is -0.798. The zero-order chi connectivity index (χ0) is 30.3. The summed E-state index contributed by atoms with van der Waals surface area (Å²) in [4.78, 5) is 12.5. The molecule has 0 saturated carbocycles. The minimum absolute atomic E-state index is 0.0507. The summed E-state index contributed by atoms with van der Waals surface area (Å²) in [6.07, 6.45) is 40.2. The summed E-state index contributed by atoms with van der Waals surface area (Å²) < 4.78 is 0.748. The first kappa shape index (κ1) is 40.3. The molecule has 3 nitrogen and oxygen atoms in total. The van der Waals surface area contributed by atoms with Gasteiger partial charge in [0.15, 0.2) is 11.9 Å². The number of unbranched alkanes of at least 4 members (excludes halogenated alkanes) is 24. The van der Waals surface area contributed by atoms with Gasteiger partial charge in [-0.05, 0) is 44.9 Å². The first-order valence-corrected chi connectivity index (χ1v) is 18.6. The number of hydrogen-bond acceptors (Lipinski definition) is 2. The summed E-state index contributed by atoms with van der Waals surface area (Å²) in [6.45, 7) is 6.17. The fourth-order valence-corrected chi connectivity index (χ4v) is 5.93. The number of nitrogens with zero attached hydrogens (tertiary/aromatic N) is 1. The van der Waals surface area contributed by atoms with Crippen molar-refractivity contribution in [3.63, 3.8) is 0 Å². The summed E-state index contributed by atoms with van der Waals surface area (Å²) in [5.74, 6) is 0.0507. The number of aliphatic hydroxyl groups excluding tert-OH is 1. The van der Waals surface area contributed by atoms with Crippen LogP contribution in [-0.2, 0) is 4.79 Å². The van der Waals surface area contributed by atoms with Crippen LogP contribution in [0, 0.1) is 0 Å². The molecule has 0 aromatic heterocycles. The number of carbonyl (C=O) groups is 1. The molecule has 0 bridgehead atoms. The molecule has 1 atom stereocenters. The third kappa shape index (κ3) is 30.6. The molecule has 0 spiro atoms. The maximum atomic E-state index is 12.5. The monoisotopic (exact) mass is 579 g/mol. The van der Waals surface area contributed by atoms with Gasteiger partial charge in [-0.25, -0.2) is 0 Å². The van der Waals surface area contributed by atoms with Gasteiger partial charge in [-0.3, -0.25) is 4.79 Å². The van der Waals surface area contributed by atoms with E-state index in [1.807, 2.05) is 0 Å². The number of rotatable bonds is 33. The first-order chi connectivity index (χ1) is 19.9. The van der Waals surface area contributed by atoms with Crippen molar-refractivity contribution in [2.45, 2.75) is 200 Å². The molecule has 0 aromatic carbocycles. The number of allylic oxidation sites excluding steroid dienone is 2. The number of quaternary nitrogens is 1. The van der Waals surface area contributed by atoms with E-state index in [1.54, 1.807) is 0 Å². The van der Waals surface area contributed by atoms with Crippen LogP contribution in [0.4, 0.5) is 0 Å². The predicted molar refractivity (Wildman–Crippen MR) is 183 cm³/mol. The standard InChI is InChI=1S/C38H76NO2/c1-5-7-9-11-13-15-17-19-21-22-24-26-28-30-32-34-37(40)38(41)36-39(3,4)35-33-31-29-27-25-23-20-18-16-14-12-10-8-6-2/h19,21,38,41H,5-18,20,22-36H2,1-4H3/q+1/b21-19-. The van der Waals surface area contributed by atoms with E-state index in [9.17, 15) is 9.90 Å². The zero-order valence-electron chi connectivity index (χ0n) is 28.7. The van der Waals surface area contributed by atoms with Crippen molar-refractivity contribution >= 4 is 5.78 Å². The third-order valence-electron chi connectivity index (χ3n) is 8.84. The van der Waals surface area contributed by atoms with Gasteiger partial charge in [-0.2, -0.15) is 0 Å². The van der Waals surface area contributed by atoms with Gasteiger partial charge >= 0.3 is 0 Å². The number of ketones is 1. The maximum Gasteiger partial charge on any atom is 0.167 e. The van der Waals surface area contributed by atoms with Crippen LogP contribution in [0.2, 0.25) is 0 Å². The van der Waals surface area contributed by atoms with Crippen LogP contribution in [0.25, 0.3) is 0 Å². The van der Waals surface area contributed by atoms with Crippen molar-refractivity contribution in [2.24, 2.45) is 0 Å². The first-order valence-electron chi connectivity index (χ1n) is 18.6. The van der Waals surface area contributed by atoms with E-state index >= 15 is 0 Å². The van der Waals surface area contributed by atoms with Gasteiger partial charge in [0.25, 0.3) is 0 Å².